The molecule has 0 bridgehead atoms. The number of anilines is 2. The van der Waals surface area contributed by atoms with Crippen LogP contribution in [-0.4, -0.2) is 39.4 Å². The van der Waals surface area contributed by atoms with Crippen LogP contribution in [0, 0.1) is 0 Å². The number of aromatic nitrogens is 2. The van der Waals surface area contributed by atoms with E-state index in [4.69, 9.17) is 0 Å². The summed E-state index contributed by atoms with van der Waals surface area (Å²) in [5, 5.41) is 15.9. The van der Waals surface area contributed by atoms with Gasteiger partial charge in [0.25, 0.3) is 0 Å². The van der Waals surface area contributed by atoms with Gasteiger partial charge in [-0.25, -0.2) is 9.97 Å². The fourth-order valence-corrected chi connectivity index (χ4v) is 3.74. The molecule has 8 heteroatoms. The molecular formula is C16H18N4O2S2. The highest BCUT2D eigenvalue weighted by Gasteiger charge is 2.23. The third kappa shape index (κ3) is 4.19. The maximum atomic E-state index is 11.6. The van der Waals surface area contributed by atoms with Gasteiger partial charge in [-0.2, -0.15) is 0 Å². The number of nitrogens with one attached hydrogen (secondary N) is 2. The van der Waals surface area contributed by atoms with Crippen molar-refractivity contribution in [1.82, 2.24) is 9.97 Å². The molecule has 0 spiro atoms. The summed E-state index contributed by atoms with van der Waals surface area (Å²) in [7, 11) is 0. The van der Waals surface area contributed by atoms with Crippen LogP contribution >= 0.6 is 23.5 Å². The average molecular weight is 362 g/mol. The van der Waals surface area contributed by atoms with Crippen molar-refractivity contribution in [1.29, 1.82) is 0 Å². The molecule has 3 N–H and O–H groups in total. The molecule has 126 valence electrons. The SMILES string of the molecule is C[C@H](CO)Nc1nc(SCc2ccccc2)nc2c1SCC(=O)N2. The first kappa shape index (κ1) is 17.1. The van der Waals surface area contributed by atoms with Crippen molar-refractivity contribution in [3.63, 3.8) is 0 Å². The van der Waals surface area contributed by atoms with E-state index in [1.54, 1.807) is 0 Å². The van der Waals surface area contributed by atoms with E-state index in [-0.39, 0.29) is 18.6 Å². The van der Waals surface area contributed by atoms with E-state index < -0.39 is 0 Å². The molecule has 0 unspecified atom stereocenters. The second-order valence-corrected chi connectivity index (χ2v) is 7.30. The van der Waals surface area contributed by atoms with Crippen LogP contribution in [0.15, 0.2) is 40.4 Å². The van der Waals surface area contributed by atoms with Crippen molar-refractivity contribution in [3.05, 3.63) is 35.9 Å². The summed E-state index contributed by atoms with van der Waals surface area (Å²) < 4.78 is 0. The van der Waals surface area contributed by atoms with Gasteiger partial charge in [0.1, 0.15) is 5.82 Å². The fraction of sp³-hybridized carbons (Fsp3) is 0.312. The summed E-state index contributed by atoms with van der Waals surface area (Å²) >= 11 is 2.92. The Hall–Kier alpha value is -1.77. The molecule has 0 saturated heterocycles. The molecule has 1 aliphatic rings. The molecule has 1 amide bonds. The number of hydrogen-bond acceptors (Lipinski definition) is 7. The predicted octanol–water partition coefficient (Wildman–Crippen LogP) is 2.61. The third-order valence-corrected chi connectivity index (χ3v) is 5.32. The fourth-order valence-electron chi connectivity index (χ4n) is 2.12. The van der Waals surface area contributed by atoms with E-state index in [0.29, 0.717) is 22.5 Å². The van der Waals surface area contributed by atoms with Crippen LogP contribution in [0.1, 0.15) is 12.5 Å². The van der Waals surface area contributed by atoms with Crippen LogP contribution in [0.3, 0.4) is 0 Å². The first-order valence-electron chi connectivity index (χ1n) is 7.54. The van der Waals surface area contributed by atoms with Crippen molar-refractivity contribution in [3.8, 4) is 0 Å². The predicted molar refractivity (Wildman–Crippen MR) is 97.6 cm³/mol. The smallest absolute Gasteiger partial charge is 0.235 e. The van der Waals surface area contributed by atoms with Crippen LogP contribution in [0.2, 0.25) is 0 Å². The van der Waals surface area contributed by atoms with Crippen LogP contribution in [-0.2, 0) is 10.5 Å². The molecule has 24 heavy (non-hydrogen) atoms. The topological polar surface area (TPSA) is 87.1 Å². The van der Waals surface area contributed by atoms with Gasteiger partial charge in [-0.3, -0.25) is 4.79 Å². The molecule has 0 saturated carbocycles. The molecule has 1 aromatic carbocycles. The number of fused-ring (bicyclic) bond motifs is 1. The minimum Gasteiger partial charge on any atom is -0.394 e. The van der Waals surface area contributed by atoms with E-state index in [2.05, 4.69) is 32.7 Å². The molecular weight excluding hydrogens is 344 g/mol. The molecule has 3 rings (SSSR count). The molecule has 6 nitrogen and oxygen atoms in total. The van der Waals surface area contributed by atoms with Crippen LogP contribution < -0.4 is 10.6 Å². The highest BCUT2D eigenvalue weighted by molar-refractivity contribution is 8.00. The zero-order valence-corrected chi connectivity index (χ0v) is 14.8. The summed E-state index contributed by atoms with van der Waals surface area (Å²) in [6.07, 6.45) is 0. The van der Waals surface area contributed by atoms with E-state index in [1.165, 1.54) is 29.1 Å². The number of aliphatic hydroxyl groups is 1. The van der Waals surface area contributed by atoms with Crippen LogP contribution in [0.4, 0.5) is 11.6 Å². The second-order valence-electron chi connectivity index (χ2n) is 5.37. The lowest BCUT2D eigenvalue weighted by Gasteiger charge is -2.21. The number of hydrogen-bond donors (Lipinski definition) is 3. The highest BCUT2D eigenvalue weighted by atomic mass is 32.2. The van der Waals surface area contributed by atoms with Gasteiger partial charge >= 0.3 is 0 Å². The normalized spacial score (nSPS) is 14.7. The maximum absolute atomic E-state index is 11.6. The Kier molecular flexibility index (Phi) is 5.60. The van der Waals surface area contributed by atoms with E-state index in [1.807, 2.05) is 25.1 Å². The van der Waals surface area contributed by atoms with Gasteiger partial charge in [-0.15, -0.1) is 11.8 Å². The summed E-state index contributed by atoms with van der Waals surface area (Å²) in [6.45, 7) is 1.87. The number of carbonyl (C=O) groups is 1. The summed E-state index contributed by atoms with van der Waals surface area (Å²) in [5.74, 6) is 2.22. The standard InChI is InChI=1S/C16H18N4O2S2/c1-10(7-21)17-14-13-15(18-12(22)9-23-13)20-16(19-14)24-8-11-5-3-2-4-6-11/h2-6,10,21H,7-9H2,1H3,(H2,17,18,19,20,22)/t10-/m1/s1. The van der Waals surface area contributed by atoms with Crippen LogP contribution in [0.25, 0.3) is 0 Å². The molecule has 1 aromatic heterocycles. The van der Waals surface area contributed by atoms with Gasteiger partial charge in [0.15, 0.2) is 11.0 Å². The molecule has 1 aliphatic heterocycles. The molecule has 2 aromatic rings. The van der Waals surface area contributed by atoms with E-state index in [0.717, 1.165) is 10.6 Å². The average Bonchev–Trinajstić information content (AvgIpc) is 2.60. The quantitative estimate of drug-likeness (QED) is 0.538. The summed E-state index contributed by atoms with van der Waals surface area (Å²) in [4.78, 5) is 21.5. The second kappa shape index (κ2) is 7.87. The Labute approximate surface area is 148 Å². The maximum Gasteiger partial charge on any atom is 0.235 e. The van der Waals surface area contributed by atoms with Gasteiger partial charge in [0.05, 0.1) is 17.3 Å². The van der Waals surface area contributed by atoms with Crippen molar-refractivity contribution >= 4 is 41.1 Å². The number of aliphatic hydroxyl groups excluding tert-OH is 1. The van der Waals surface area contributed by atoms with Crippen LogP contribution in [0.5, 0.6) is 0 Å². The number of carbonyl (C=O) groups excluding carboxylic acids is 1. The molecule has 1 atom stereocenters. The first-order valence-corrected chi connectivity index (χ1v) is 9.51. The van der Waals surface area contributed by atoms with Crippen molar-refractivity contribution in [2.24, 2.45) is 0 Å². The largest absolute Gasteiger partial charge is 0.394 e. The van der Waals surface area contributed by atoms with Crippen molar-refractivity contribution < 1.29 is 9.90 Å². The molecule has 0 radical (unpaired) electrons. The van der Waals surface area contributed by atoms with Gasteiger partial charge < -0.3 is 15.7 Å². The van der Waals surface area contributed by atoms with Gasteiger partial charge in [0, 0.05) is 11.8 Å². The lowest BCUT2D eigenvalue weighted by atomic mass is 10.2. The van der Waals surface area contributed by atoms with E-state index >= 15 is 0 Å². The summed E-state index contributed by atoms with van der Waals surface area (Å²) in [5.41, 5.74) is 1.18. The van der Waals surface area contributed by atoms with Gasteiger partial charge in [0.2, 0.25) is 5.91 Å². The Morgan fingerprint density at radius 1 is 1.38 bits per heavy atom. The van der Waals surface area contributed by atoms with Crippen molar-refractivity contribution in [2.45, 2.75) is 28.8 Å². The minimum atomic E-state index is -0.130. The highest BCUT2D eigenvalue weighted by Crippen LogP contribution is 2.37. The molecule has 0 fully saturated rings. The number of benzene rings is 1. The molecule has 2 heterocycles. The number of rotatable bonds is 6. The Morgan fingerprint density at radius 3 is 2.92 bits per heavy atom. The zero-order chi connectivity index (χ0) is 16.9. The van der Waals surface area contributed by atoms with Gasteiger partial charge in [-0.05, 0) is 12.5 Å². The number of nitrogens with zero attached hydrogens (tertiary/aromatic N) is 2. The monoisotopic (exact) mass is 362 g/mol. The van der Waals surface area contributed by atoms with Gasteiger partial charge in [-0.1, -0.05) is 42.1 Å². The zero-order valence-electron chi connectivity index (χ0n) is 13.2. The first-order chi connectivity index (χ1) is 11.7. The third-order valence-electron chi connectivity index (χ3n) is 3.32. The Bertz CT molecular complexity index is 728. The lowest BCUT2D eigenvalue weighted by Crippen LogP contribution is -2.25. The minimum absolute atomic E-state index is 0.00228. The van der Waals surface area contributed by atoms with E-state index in [9.17, 15) is 9.90 Å². The number of thioether (sulfide) groups is 2. The lowest BCUT2D eigenvalue weighted by molar-refractivity contribution is -0.113. The Balaban J connectivity index is 1.84. The Morgan fingerprint density at radius 2 is 2.17 bits per heavy atom. The number of amides is 1. The summed E-state index contributed by atoms with van der Waals surface area (Å²) in [6, 6.07) is 9.95. The molecule has 0 aliphatic carbocycles. The van der Waals surface area contributed by atoms with Crippen molar-refractivity contribution in [2.75, 3.05) is 23.0 Å².